The third-order valence-corrected chi connectivity index (χ3v) is 3.28. The van der Waals surface area contributed by atoms with Crippen LogP contribution in [0.15, 0.2) is 42.7 Å². The van der Waals surface area contributed by atoms with Crippen LogP contribution in [0.5, 0.6) is 0 Å². The second-order valence-corrected chi connectivity index (χ2v) is 4.81. The Kier molecular flexibility index (Phi) is 3.27. The number of hydrogen-bond acceptors (Lipinski definition) is 4. The van der Waals surface area contributed by atoms with E-state index in [1.54, 1.807) is 30.4 Å². The number of aromatic amines is 1. The number of pyridine rings is 1. The largest absolute Gasteiger partial charge is 0.383 e. The lowest BCUT2D eigenvalue weighted by atomic mass is 10.1. The van der Waals surface area contributed by atoms with E-state index in [0.717, 1.165) is 16.6 Å². The molecule has 0 aliphatic heterocycles. The second-order valence-electron chi connectivity index (χ2n) is 4.81. The summed E-state index contributed by atoms with van der Waals surface area (Å²) in [6.07, 6.45) is 3.37. The van der Waals surface area contributed by atoms with E-state index in [4.69, 9.17) is 5.73 Å². The van der Waals surface area contributed by atoms with Crippen LogP contribution in [-0.4, -0.2) is 32.8 Å². The highest BCUT2D eigenvalue weighted by molar-refractivity contribution is 5.99. The molecule has 0 fully saturated rings. The van der Waals surface area contributed by atoms with Crippen LogP contribution in [0.25, 0.3) is 10.8 Å². The summed E-state index contributed by atoms with van der Waals surface area (Å²) in [5, 5.41) is 1.75. The lowest BCUT2D eigenvalue weighted by Gasteiger charge is -2.16. The lowest BCUT2D eigenvalue weighted by molar-refractivity contribution is 0.0776. The summed E-state index contributed by atoms with van der Waals surface area (Å²) in [4.78, 5) is 25.3. The summed E-state index contributed by atoms with van der Waals surface area (Å²) in [6, 6.07) is 9.36. The fourth-order valence-corrected chi connectivity index (χ4v) is 2.21. The third kappa shape index (κ3) is 2.55. The summed E-state index contributed by atoms with van der Waals surface area (Å²) in [6.45, 7) is 0.389. The van der Waals surface area contributed by atoms with Crippen molar-refractivity contribution in [3.63, 3.8) is 0 Å². The average Bonchev–Trinajstić information content (AvgIpc) is 2.99. The number of rotatable bonds is 3. The molecule has 0 unspecified atom stereocenters. The zero-order valence-electron chi connectivity index (χ0n) is 11.6. The van der Waals surface area contributed by atoms with E-state index >= 15 is 0 Å². The van der Waals surface area contributed by atoms with E-state index in [1.807, 2.05) is 24.3 Å². The van der Waals surface area contributed by atoms with Crippen molar-refractivity contribution in [3.05, 3.63) is 54.2 Å². The van der Waals surface area contributed by atoms with Crippen molar-refractivity contribution < 1.29 is 4.79 Å². The monoisotopic (exact) mass is 281 g/mol. The molecule has 3 aromatic rings. The average molecular weight is 281 g/mol. The van der Waals surface area contributed by atoms with Gasteiger partial charge in [0.25, 0.3) is 5.91 Å². The van der Waals surface area contributed by atoms with Crippen molar-refractivity contribution in [2.75, 3.05) is 12.8 Å². The molecule has 106 valence electrons. The van der Waals surface area contributed by atoms with Gasteiger partial charge in [0.15, 0.2) is 0 Å². The van der Waals surface area contributed by atoms with Gasteiger partial charge in [-0.3, -0.25) is 4.79 Å². The smallest absolute Gasteiger partial charge is 0.272 e. The number of fused-ring (bicyclic) bond motifs is 1. The first-order valence-corrected chi connectivity index (χ1v) is 6.54. The number of hydrogen-bond donors (Lipinski definition) is 2. The maximum atomic E-state index is 12.4. The quantitative estimate of drug-likeness (QED) is 0.766. The number of amides is 1. The molecular formula is C15H15N5O. The highest BCUT2D eigenvalue weighted by Crippen LogP contribution is 2.20. The fraction of sp³-hybridized carbons (Fsp3) is 0.133. The van der Waals surface area contributed by atoms with E-state index in [9.17, 15) is 4.79 Å². The SMILES string of the molecule is CN(Cc1ncc[nH]1)C(=O)c1cc2ccccc2c(N)n1. The predicted molar refractivity (Wildman–Crippen MR) is 80.5 cm³/mol. The highest BCUT2D eigenvalue weighted by Gasteiger charge is 2.16. The van der Waals surface area contributed by atoms with Gasteiger partial charge in [0.2, 0.25) is 0 Å². The minimum absolute atomic E-state index is 0.191. The Hall–Kier alpha value is -2.89. The van der Waals surface area contributed by atoms with Crippen molar-refractivity contribution in [1.29, 1.82) is 0 Å². The second kappa shape index (κ2) is 5.24. The van der Waals surface area contributed by atoms with Crippen molar-refractivity contribution in [1.82, 2.24) is 19.9 Å². The molecule has 1 aromatic carbocycles. The van der Waals surface area contributed by atoms with E-state index < -0.39 is 0 Å². The van der Waals surface area contributed by atoms with E-state index in [2.05, 4.69) is 15.0 Å². The first-order valence-electron chi connectivity index (χ1n) is 6.54. The first kappa shape index (κ1) is 13.1. The first-order chi connectivity index (χ1) is 10.1. The summed E-state index contributed by atoms with van der Waals surface area (Å²) in [5.41, 5.74) is 6.26. The molecule has 3 rings (SSSR count). The summed E-state index contributed by atoms with van der Waals surface area (Å²) < 4.78 is 0. The van der Waals surface area contributed by atoms with Crippen molar-refractivity contribution >= 4 is 22.5 Å². The number of carbonyl (C=O) groups is 1. The van der Waals surface area contributed by atoms with Crippen molar-refractivity contribution in [2.45, 2.75) is 6.54 Å². The van der Waals surface area contributed by atoms with Gasteiger partial charge >= 0.3 is 0 Å². The molecule has 0 spiro atoms. The number of benzene rings is 1. The van der Waals surface area contributed by atoms with Gasteiger partial charge in [-0.2, -0.15) is 0 Å². The van der Waals surface area contributed by atoms with Crippen molar-refractivity contribution in [2.24, 2.45) is 0 Å². The molecule has 2 heterocycles. The summed E-state index contributed by atoms with van der Waals surface area (Å²) in [5.74, 6) is 0.895. The van der Waals surface area contributed by atoms with E-state index in [-0.39, 0.29) is 5.91 Å². The molecule has 0 bridgehead atoms. The molecule has 0 saturated carbocycles. The normalized spacial score (nSPS) is 10.7. The number of H-pyrrole nitrogens is 1. The van der Waals surface area contributed by atoms with Gasteiger partial charge in [-0.25, -0.2) is 9.97 Å². The van der Waals surface area contributed by atoms with Crippen LogP contribution in [0.3, 0.4) is 0 Å². The highest BCUT2D eigenvalue weighted by atomic mass is 16.2. The number of carbonyl (C=O) groups excluding carboxylic acids is 1. The van der Waals surface area contributed by atoms with Crippen molar-refractivity contribution in [3.8, 4) is 0 Å². The standard InChI is InChI=1S/C15H15N5O/c1-20(9-13-17-6-7-18-13)15(21)12-8-10-4-2-3-5-11(10)14(16)19-12/h2-8H,9H2,1H3,(H2,16,19)(H,17,18). The number of nitrogens with two attached hydrogens (primary N) is 1. The van der Waals surface area contributed by atoms with Gasteiger partial charge in [-0.1, -0.05) is 24.3 Å². The van der Waals surface area contributed by atoms with Crippen LogP contribution < -0.4 is 5.73 Å². The molecule has 0 atom stereocenters. The molecule has 0 radical (unpaired) electrons. The number of anilines is 1. The summed E-state index contributed by atoms with van der Waals surface area (Å²) in [7, 11) is 1.71. The number of imidazole rings is 1. The lowest BCUT2D eigenvalue weighted by Crippen LogP contribution is -2.27. The van der Waals surface area contributed by atoms with Crippen LogP contribution in [0.1, 0.15) is 16.3 Å². The van der Waals surface area contributed by atoms with Crippen LogP contribution >= 0.6 is 0 Å². The number of aromatic nitrogens is 3. The Bertz CT molecular complexity index is 782. The van der Waals surface area contributed by atoms with Crippen LogP contribution in [0.4, 0.5) is 5.82 Å². The minimum atomic E-state index is -0.191. The van der Waals surface area contributed by atoms with E-state index in [0.29, 0.717) is 18.1 Å². The molecule has 6 heteroatoms. The molecule has 0 saturated heterocycles. The van der Waals surface area contributed by atoms with Gasteiger partial charge in [-0.05, 0) is 11.5 Å². The van der Waals surface area contributed by atoms with Crippen LogP contribution in [0, 0.1) is 0 Å². The third-order valence-electron chi connectivity index (χ3n) is 3.28. The Morgan fingerprint density at radius 1 is 1.38 bits per heavy atom. The molecule has 1 amide bonds. The molecule has 21 heavy (non-hydrogen) atoms. The topological polar surface area (TPSA) is 87.9 Å². The number of nitrogens with one attached hydrogen (secondary N) is 1. The number of nitrogen functional groups attached to an aromatic ring is 1. The molecule has 0 aliphatic rings. The fourth-order valence-electron chi connectivity index (χ4n) is 2.21. The zero-order valence-corrected chi connectivity index (χ0v) is 11.6. The van der Waals surface area contributed by atoms with Gasteiger partial charge < -0.3 is 15.6 Å². The van der Waals surface area contributed by atoms with E-state index in [1.165, 1.54) is 0 Å². The van der Waals surface area contributed by atoms with Gasteiger partial charge in [0.05, 0.1) is 6.54 Å². The zero-order chi connectivity index (χ0) is 14.8. The molecular weight excluding hydrogens is 266 g/mol. The van der Waals surface area contributed by atoms with Gasteiger partial charge in [0.1, 0.15) is 17.3 Å². The minimum Gasteiger partial charge on any atom is -0.383 e. The molecule has 3 N–H and O–H groups in total. The maximum Gasteiger partial charge on any atom is 0.272 e. The summed E-state index contributed by atoms with van der Waals surface area (Å²) >= 11 is 0. The maximum absolute atomic E-state index is 12.4. The number of nitrogens with zero attached hydrogens (tertiary/aromatic N) is 3. The van der Waals surface area contributed by atoms with Gasteiger partial charge in [0, 0.05) is 24.8 Å². The Morgan fingerprint density at radius 3 is 2.95 bits per heavy atom. The van der Waals surface area contributed by atoms with Gasteiger partial charge in [-0.15, -0.1) is 0 Å². The molecule has 6 nitrogen and oxygen atoms in total. The molecule has 2 aromatic heterocycles. The van der Waals surface area contributed by atoms with Crippen LogP contribution in [0.2, 0.25) is 0 Å². The Morgan fingerprint density at radius 2 is 2.19 bits per heavy atom. The van der Waals surface area contributed by atoms with Crippen LogP contribution in [-0.2, 0) is 6.54 Å². The Labute approximate surface area is 121 Å². The Balaban J connectivity index is 1.90. The molecule has 0 aliphatic carbocycles. The predicted octanol–water partition coefficient (Wildman–Crippen LogP) is 1.81.